The molecule has 1 aromatic carbocycles. The van der Waals surface area contributed by atoms with Crippen molar-refractivity contribution in [3.8, 4) is 11.5 Å². The highest BCUT2D eigenvalue weighted by atomic mass is 16.5. The van der Waals surface area contributed by atoms with Crippen molar-refractivity contribution < 1.29 is 23.5 Å². The SMILES string of the molecule is COc1ccc(N2CC(NC(=O)NCc3ccco3)CC2=O)cc1OC. The molecule has 1 saturated heterocycles. The summed E-state index contributed by atoms with van der Waals surface area (Å²) in [5, 5.41) is 5.52. The highest BCUT2D eigenvalue weighted by Gasteiger charge is 2.32. The van der Waals surface area contributed by atoms with Crippen molar-refractivity contribution in [2.75, 3.05) is 25.7 Å². The lowest BCUT2D eigenvalue weighted by Gasteiger charge is -2.19. The summed E-state index contributed by atoms with van der Waals surface area (Å²) >= 11 is 0. The van der Waals surface area contributed by atoms with Gasteiger partial charge >= 0.3 is 6.03 Å². The maximum atomic E-state index is 12.3. The number of rotatable bonds is 6. The second kappa shape index (κ2) is 7.81. The van der Waals surface area contributed by atoms with E-state index in [1.54, 1.807) is 55.7 Å². The van der Waals surface area contributed by atoms with E-state index >= 15 is 0 Å². The number of amides is 3. The van der Waals surface area contributed by atoms with E-state index in [-0.39, 0.29) is 24.4 Å². The number of hydrogen-bond donors (Lipinski definition) is 2. The summed E-state index contributed by atoms with van der Waals surface area (Å²) in [4.78, 5) is 26.0. The Kier molecular flexibility index (Phi) is 5.31. The Labute approximate surface area is 151 Å². The number of furan rings is 1. The van der Waals surface area contributed by atoms with Crippen molar-refractivity contribution in [1.29, 1.82) is 0 Å². The largest absolute Gasteiger partial charge is 0.493 e. The average Bonchev–Trinajstić information content (AvgIpc) is 3.29. The predicted molar refractivity (Wildman–Crippen MR) is 94.4 cm³/mol. The van der Waals surface area contributed by atoms with Crippen LogP contribution >= 0.6 is 0 Å². The molecule has 3 amide bonds. The van der Waals surface area contributed by atoms with Gasteiger partial charge in [-0.05, 0) is 24.3 Å². The Balaban J connectivity index is 1.59. The van der Waals surface area contributed by atoms with Crippen LogP contribution in [-0.4, -0.2) is 38.7 Å². The van der Waals surface area contributed by atoms with Crippen molar-refractivity contribution in [2.24, 2.45) is 0 Å². The van der Waals surface area contributed by atoms with Crippen LogP contribution in [-0.2, 0) is 11.3 Å². The molecule has 0 bridgehead atoms. The van der Waals surface area contributed by atoms with Crippen molar-refractivity contribution in [1.82, 2.24) is 10.6 Å². The monoisotopic (exact) mass is 359 g/mol. The molecule has 0 radical (unpaired) electrons. The highest BCUT2D eigenvalue weighted by Crippen LogP contribution is 2.33. The Bertz CT molecular complexity index is 775. The van der Waals surface area contributed by atoms with Crippen LogP contribution in [0, 0.1) is 0 Å². The normalized spacial score (nSPS) is 16.5. The number of hydrogen-bond acceptors (Lipinski definition) is 5. The zero-order chi connectivity index (χ0) is 18.5. The molecule has 138 valence electrons. The molecule has 1 atom stereocenters. The second-order valence-electron chi connectivity index (χ2n) is 5.85. The summed E-state index contributed by atoms with van der Waals surface area (Å²) in [5.41, 5.74) is 0.702. The minimum Gasteiger partial charge on any atom is -0.493 e. The molecule has 8 nitrogen and oxygen atoms in total. The first kappa shape index (κ1) is 17.7. The summed E-state index contributed by atoms with van der Waals surface area (Å²) in [5.74, 6) is 1.74. The number of benzene rings is 1. The third kappa shape index (κ3) is 3.90. The van der Waals surface area contributed by atoms with Crippen LogP contribution in [0.1, 0.15) is 12.2 Å². The van der Waals surface area contributed by atoms with E-state index in [1.807, 2.05) is 0 Å². The second-order valence-corrected chi connectivity index (χ2v) is 5.85. The third-order valence-corrected chi connectivity index (χ3v) is 4.14. The van der Waals surface area contributed by atoms with E-state index in [9.17, 15) is 9.59 Å². The van der Waals surface area contributed by atoms with E-state index in [2.05, 4.69) is 10.6 Å². The molecule has 1 unspecified atom stereocenters. The minimum atomic E-state index is -0.339. The summed E-state index contributed by atoms with van der Waals surface area (Å²) in [6, 6.07) is 8.21. The van der Waals surface area contributed by atoms with Crippen molar-refractivity contribution in [2.45, 2.75) is 19.0 Å². The van der Waals surface area contributed by atoms with E-state index in [4.69, 9.17) is 13.9 Å². The molecule has 1 aliphatic rings. The Morgan fingerprint density at radius 3 is 2.77 bits per heavy atom. The number of anilines is 1. The molecule has 2 aromatic rings. The van der Waals surface area contributed by atoms with Gasteiger partial charge in [0.2, 0.25) is 5.91 Å². The topological polar surface area (TPSA) is 93.0 Å². The molecule has 0 saturated carbocycles. The lowest BCUT2D eigenvalue weighted by molar-refractivity contribution is -0.117. The number of urea groups is 1. The van der Waals surface area contributed by atoms with Gasteiger partial charge in [0.1, 0.15) is 5.76 Å². The molecule has 0 spiro atoms. The van der Waals surface area contributed by atoms with Crippen molar-refractivity contribution in [3.05, 3.63) is 42.4 Å². The highest BCUT2D eigenvalue weighted by molar-refractivity contribution is 5.97. The van der Waals surface area contributed by atoms with E-state index in [0.29, 0.717) is 36.0 Å². The summed E-state index contributed by atoms with van der Waals surface area (Å²) < 4.78 is 15.6. The Morgan fingerprint density at radius 2 is 2.08 bits per heavy atom. The lowest BCUT2D eigenvalue weighted by atomic mass is 10.2. The Morgan fingerprint density at radius 1 is 1.27 bits per heavy atom. The molecule has 1 fully saturated rings. The number of carbonyl (C=O) groups excluding carboxylic acids is 2. The van der Waals surface area contributed by atoms with Crippen LogP contribution in [0.3, 0.4) is 0 Å². The summed E-state index contributed by atoms with van der Waals surface area (Å²) in [7, 11) is 3.10. The first-order chi connectivity index (χ1) is 12.6. The zero-order valence-electron chi connectivity index (χ0n) is 14.7. The third-order valence-electron chi connectivity index (χ3n) is 4.14. The quantitative estimate of drug-likeness (QED) is 0.822. The molecule has 1 aliphatic heterocycles. The number of nitrogens with one attached hydrogen (secondary N) is 2. The van der Waals surface area contributed by atoms with Gasteiger partial charge in [0.25, 0.3) is 0 Å². The zero-order valence-corrected chi connectivity index (χ0v) is 14.7. The van der Waals surface area contributed by atoms with Gasteiger partial charge in [-0.25, -0.2) is 4.79 Å². The molecule has 26 heavy (non-hydrogen) atoms. The smallest absolute Gasteiger partial charge is 0.315 e. The van der Waals surface area contributed by atoms with Gasteiger partial charge in [-0.1, -0.05) is 0 Å². The summed E-state index contributed by atoms with van der Waals surface area (Å²) in [6.45, 7) is 0.682. The van der Waals surface area contributed by atoms with Crippen LogP contribution in [0.5, 0.6) is 11.5 Å². The molecule has 2 N–H and O–H groups in total. The molecule has 1 aromatic heterocycles. The van der Waals surface area contributed by atoms with Gasteiger partial charge in [0.05, 0.1) is 33.1 Å². The number of carbonyl (C=O) groups is 2. The molecular formula is C18H21N3O5. The average molecular weight is 359 g/mol. The van der Waals surface area contributed by atoms with Crippen molar-refractivity contribution in [3.63, 3.8) is 0 Å². The number of nitrogens with zero attached hydrogens (tertiary/aromatic N) is 1. The van der Waals surface area contributed by atoms with Gasteiger partial charge < -0.3 is 29.4 Å². The summed E-state index contributed by atoms with van der Waals surface area (Å²) in [6.07, 6.45) is 1.79. The fourth-order valence-electron chi connectivity index (χ4n) is 2.86. The molecule has 0 aliphatic carbocycles. The van der Waals surface area contributed by atoms with E-state index < -0.39 is 0 Å². The van der Waals surface area contributed by atoms with Gasteiger partial charge in [-0.3, -0.25) is 4.79 Å². The first-order valence-corrected chi connectivity index (χ1v) is 8.20. The molecule has 8 heteroatoms. The van der Waals surface area contributed by atoms with Crippen molar-refractivity contribution >= 4 is 17.6 Å². The van der Waals surface area contributed by atoms with Crippen LogP contribution in [0.4, 0.5) is 10.5 Å². The van der Waals surface area contributed by atoms with Crippen LogP contribution in [0.2, 0.25) is 0 Å². The van der Waals surface area contributed by atoms with Crippen LogP contribution < -0.4 is 25.0 Å². The van der Waals surface area contributed by atoms with Crippen LogP contribution in [0.15, 0.2) is 41.0 Å². The first-order valence-electron chi connectivity index (χ1n) is 8.20. The van der Waals surface area contributed by atoms with E-state index in [1.165, 1.54) is 0 Å². The van der Waals surface area contributed by atoms with Gasteiger partial charge in [-0.2, -0.15) is 0 Å². The predicted octanol–water partition coefficient (Wildman–Crippen LogP) is 1.90. The molecule has 2 heterocycles. The lowest BCUT2D eigenvalue weighted by Crippen LogP contribution is -2.43. The van der Waals surface area contributed by atoms with E-state index in [0.717, 1.165) is 0 Å². The fraction of sp³-hybridized carbons (Fsp3) is 0.333. The minimum absolute atomic E-state index is 0.0615. The standard InChI is InChI=1S/C18H21N3O5/c1-24-15-6-5-13(9-16(15)25-2)21-11-12(8-17(21)22)20-18(23)19-10-14-4-3-7-26-14/h3-7,9,12H,8,10-11H2,1-2H3,(H2,19,20,23). The number of ether oxygens (including phenoxy) is 2. The van der Waals surface area contributed by atoms with Crippen LogP contribution in [0.25, 0.3) is 0 Å². The maximum absolute atomic E-state index is 12.3. The molecule has 3 rings (SSSR count). The van der Waals surface area contributed by atoms with Gasteiger partial charge in [0.15, 0.2) is 11.5 Å². The maximum Gasteiger partial charge on any atom is 0.315 e. The fourth-order valence-corrected chi connectivity index (χ4v) is 2.86. The van der Waals surface area contributed by atoms with Gasteiger partial charge in [0, 0.05) is 24.7 Å². The Hall–Kier alpha value is -3.16. The van der Waals surface area contributed by atoms with Gasteiger partial charge in [-0.15, -0.1) is 0 Å². The molecular weight excluding hydrogens is 338 g/mol. The number of methoxy groups -OCH3 is 2.